The Hall–Kier alpha value is -2.56. The van der Waals surface area contributed by atoms with Crippen LogP contribution in [0.25, 0.3) is 16.8 Å². The maximum Gasteiger partial charge on any atom is 0.0827 e. The molecule has 1 aliphatic carbocycles. The molecule has 0 bridgehead atoms. The molecule has 3 aromatic rings. The van der Waals surface area contributed by atoms with Crippen LogP contribution in [-0.2, 0) is 19.4 Å². The standard InChI is InChI=1S/C24H25N3S/c25-11-13-27(17-22-6-3-5-19-4-1-2-7-23(19)22)24(28)15-18-8-9-21-16-26-12-10-20(21)14-18/h1,3-6,8-10,12,14,16H,2,7,11,13,15,17,25H2. The molecule has 0 radical (unpaired) electrons. The van der Waals surface area contributed by atoms with Gasteiger partial charge in [-0.25, -0.2) is 0 Å². The van der Waals surface area contributed by atoms with E-state index in [2.05, 4.69) is 58.4 Å². The van der Waals surface area contributed by atoms with Crippen molar-refractivity contribution in [1.29, 1.82) is 0 Å². The van der Waals surface area contributed by atoms with Gasteiger partial charge < -0.3 is 10.6 Å². The first kappa shape index (κ1) is 18.8. The number of rotatable bonds is 6. The number of nitrogens with two attached hydrogens (primary N) is 1. The highest BCUT2D eigenvalue weighted by Crippen LogP contribution is 2.24. The highest BCUT2D eigenvalue weighted by molar-refractivity contribution is 7.80. The predicted molar refractivity (Wildman–Crippen MR) is 121 cm³/mol. The van der Waals surface area contributed by atoms with Crippen LogP contribution in [0.4, 0.5) is 0 Å². The molecule has 0 spiro atoms. The zero-order chi connectivity index (χ0) is 19.3. The van der Waals surface area contributed by atoms with Crippen molar-refractivity contribution < 1.29 is 0 Å². The molecule has 1 aromatic heterocycles. The van der Waals surface area contributed by atoms with Crippen LogP contribution in [0, 0.1) is 0 Å². The summed E-state index contributed by atoms with van der Waals surface area (Å²) in [7, 11) is 0. The lowest BCUT2D eigenvalue weighted by Gasteiger charge is -2.27. The van der Waals surface area contributed by atoms with Crippen LogP contribution in [0.1, 0.15) is 28.7 Å². The Morgan fingerprint density at radius 3 is 2.96 bits per heavy atom. The lowest BCUT2D eigenvalue weighted by atomic mass is 9.92. The molecule has 0 aliphatic heterocycles. The molecule has 3 nitrogen and oxygen atoms in total. The Morgan fingerprint density at radius 1 is 1.14 bits per heavy atom. The van der Waals surface area contributed by atoms with Gasteiger partial charge in [0.05, 0.1) is 4.99 Å². The number of allylic oxidation sites excluding steroid dienone is 1. The van der Waals surface area contributed by atoms with Crippen LogP contribution < -0.4 is 5.73 Å². The number of aromatic nitrogens is 1. The number of thiocarbonyl (C=S) groups is 1. The fourth-order valence-corrected chi connectivity index (χ4v) is 4.21. The van der Waals surface area contributed by atoms with Gasteiger partial charge in [0, 0.05) is 43.8 Å². The maximum atomic E-state index is 5.91. The molecule has 4 heteroatoms. The predicted octanol–water partition coefficient (Wildman–Crippen LogP) is 4.53. The Kier molecular flexibility index (Phi) is 5.79. The summed E-state index contributed by atoms with van der Waals surface area (Å²) in [5.41, 5.74) is 11.3. The fraction of sp³-hybridized carbons (Fsp3) is 0.250. The van der Waals surface area contributed by atoms with E-state index >= 15 is 0 Å². The molecule has 0 amide bonds. The summed E-state index contributed by atoms with van der Waals surface area (Å²) in [6.45, 7) is 2.19. The summed E-state index contributed by atoms with van der Waals surface area (Å²) in [5.74, 6) is 0. The van der Waals surface area contributed by atoms with E-state index in [1.807, 2.05) is 18.5 Å². The van der Waals surface area contributed by atoms with Crippen LogP contribution in [0.5, 0.6) is 0 Å². The second-order valence-corrected chi connectivity index (χ2v) is 7.74. The summed E-state index contributed by atoms with van der Waals surface area (Å²) in [6.07, 6.45) is 11.2. The van der Waals surface area contributed by atoms with Crippen molar-refractivity contribution in [3.8, 4) is 0 Å². The SMILES string of the molecule is NCCN(Cc1cccc2c1CCC=C2)C(=S)Cc1ccc2cnccc2c1. The molecule has 142 valence electrons. The molecule has 0 unspecified atom stereocenters. The van der Waals surface area contributed by atoms with Gasteiger partial charge in [-0.15, -0.1) is 0 Å². The monoisotopic (exact) mass is 387 g/mol. The minimum absolute atomic E-state index is 0.596. The van der Waals surface area contributed by atoms with Crippen molar-refractivity contribution in [2.75, 3.05) is 13.1 Å². The normalized spacial score (nSPS) is 12.8. The van der Waals surface area contributed by atoms with E-state index in [-0.39, 0.29) is 0 Å². The number of hydrogen-bond donors (Lipinski definition) is 1. The van der Waals surface area contributed by atoms with Gasteiger partial charge >= 0.3 is 0 Å². The molecular formula is C24H25N3S. The number of nitrogens with zero attached hydrogens (tertiary/aromatic N) is 2. The van der Waals surface area contributed by atoms with Gasteiger partial charge in [0.2, 0.25) is 0 Å². The van der Waals surface area contributed by atoms with Gasteiger partial charge in [-0.05, 0) is 46.5 Å². The van der Waals surface area contributed by atoms with Crippen molar-refractivity contribution in [1.82, 2.24) is 9.88 Å². The first-order valence-electron chi connectivity index (χ1n) is 9.82. The summed E-state index contributed by atoms with van der Waals surface area (Å²) in [4.78, 5) is 7.40. The topological polar surface area (TPSA) is 42.1 Å². The Morgan fingerprint density at radius 2 is 2.07 bits per heavy atom. The summed E-state index contributed by atoms with van der Waals surface area (Å²) < 4.78 is 0. The van der Waals surface area contributed by atoms with Crippen LogP contribution in [0.3, 0.4) is 0 Å². The summed E-state index contributed by atoms with van der Waals surface area (Å²) in [6, 6.07) is 15.1. The molecule has 0 fully saturated rings. The molecule has 0 saturated carbocycles. The molecule has 0 atom stereocenters. The number of benzene rings is 2. The van der Waals surface area contributed by atoms with Crippen molar-refractivity contribution >= 4 is 34.1 Å². The number of pyridine rings is 1. The third kappa shape index (κ3) is 4.13. The molecular weight excluding hydrogens is 362 g/mol. The minimum atomic E-state index is 0.596. The summed E-state index contributed by atoms with van der Waals surface area (Å²) >= 11 is 5.84. The van der Waals surface area contributed by atoms with E-state index in [0.29, 0.717) is 6.54 Å². The molecule has 1 aliphatic rings. The molecule has 1 heterocycles. The Labute approximate surface area is 171 Å². The van der Waals surface area contributed by atoms with E-state index in [9.17, 15) is 0 Å². The molecule has 28 heavy (non-hydrogen) atoms. The second-order valence-electron chi connectivity index (χ2n) is 7.26. The highest BCUT2D eigenvalue weighted by atomic mass is 32.1. The van der Waals surface area contributed by atoms with Crippen LogP contribution >= 0.6 is 12.2 Å². The highest BCUT2D eigenvalue weighted by Gasteiger charge is 2.15. The number of hydrogen-bond acceptors (Lipinski definition) is 3. The van der Waals surface area contributed by atoms with Crippen LogP contribution in [0.15, 0.2) is 60.9 Å². The largest absolute Gasteiger partial charge is 0.360 e. The zero-order valence-corrected chi connectivity index (χ0v) is 16.8. The Balaban J connectivity index is 1.54. The van der Waals surface area contributed by atoms with Gasteiger partial charge in [0.15, 0.2) is 0 Å². The quantitative estimate of drug-likeness (QED) is 0.631. The molecule has 4 rings (SSSR count). The van der Waals surface area contributed by atoms with Crippen molar-refractivity contribution in [3.05, 3.63) is 83.2 Å². The molecule has 0 saturated heterocycles. The van der Waals surface area contributed by atoms with Gasteiger partial charge in [-0.2, -0.15) is 0 Å². The van der Waals surface area contributed by atoms with Crippen molar-refractivity contribution in [2.24, 2.45) is 5.73 Å². The lowest BCUT2D eigenvalue weighted by molar-refractivity contribution is 0.422. The zero-order valence-electron chi connectivity index (χ0n) is 16.0. The Bertz CT molecular complexity index is 1030. The van der Waals surface area contributed by atoms with Crippen LogP contribution in [-0.4, -0.2) is 28.0 Å². The van der Waals surface area contributed by atoms with E-state index in [4.69, 9.17) is 18.0 Å². The van der Waals surface area contributed by atoms with Gasteiger partial charge in [-0.1, -0.05) is 60.8 Å². The lowest BCUT2D eigenvalue weighted by Crippen LogP contribution is -2.35. The smallest absolute Gasteiger partial charge is 0.0827 e. The molecule has 2 N–H and O–H groups in total. The van der Waals surface area contributed by atoms with E-state index in [0.717, 1.165) is 42.7 Å². The van der Waals surface area contributed by atoms with Crippen LogP contribution in [0.2, 0.25) is 0 Å². The average molecular weight is 388 g/mol. The third-order valence-corrected chi connectivity index (χ3v) is 5.74. The molecule has 2 aromatic carbocycles. The maximum absolute atomic E-state index is 5.91. The van der Waals surface area contributed by atoms with E-state index < -0.39 is 0 Å². The number of fused-ring (bicyclic) bond motifs is 2. The van der Waals surface area contributed by atoms with E-state index in [1.165, 1.54) is 27.6 Å². The second kappa shape index (κ2) is 8.63. The summed E-state index contributed by atoms with van der Waals surface area (Å²) in [5, 5.41) is 2.35. The van der Waals surface area contributed by atoms with Crippen molar-refractivity contribution in [2.45, 2.75) is 25.8 Å². The van der Waals surface area contributed by atoms with Gasteiger partial charge in [0.1, 0.15) is 0 Å². The van der Waals surface area contributed by atoms with Gasteiger partial charge in [0.25, 0.3) is 0 Å². The van der Waals surface area contributed by atoms with Crippen molar-refractivity contribution in [3.63, 3.8) is 0 Å². The first-order valence-corrected chi connectivity index (χ1v) is 10.2. The van der Waals surface area contributed by atoms with Gasteiger partial charge in [-0.3, -0.25) is 4.98 Å². The first-order chi connectivity index (χ1) is 13.7. The average Bonchev–Trinajstić information content (AvgIpc) is 2.73. The third-order valence-electron chi connectivity index (χ3n) is 5.34. The fourth-order valence-electron chi connectivity index (χ4n) is 3.88. The minimum Gasteiger partial charge on any atom is -0.360 e. The van der Waals surface area contributed by atoms with E-state index in [1.54, 1.807) is 0 Å².